The summed E-state index contributed by atoms with van der Waals surface area (Å²) in [6.45, 7) is 2.63. The molecule has 1 fully saturated rings. The van der Waals surface area contributed by atoms with Crippen molar-refractivity contribution in [2.45, 2.75) is 12.5 Å². The van der Waals surface area contributed by atoms with Gasteiger partial charge in [-0.1, -0.05) is 0 Å². The number of rotatable bonds is 5. The van der Waals surface area contributed by atoms with Crippen LogP contribution in [0.5, 0.6) is 0 Å². The molecule has 7 heteroatoms. The molecule has 3 rings (SSSR count). The Labute approximate surface area is 134 Å². The van der Waals surface area contributed by atoms with E-state index in [0.717, 1.165) is 30.9 Å². The Balaban J connectivity index is 1.46. The summed E-state index contributed by atoms with van der Waals surface area (Å²) in [5.74, 6) is 0. The van der Waals surface area contributed by atoms with Crippen molar-refractivity contribution in [3.8, 4) is 5.69 Å². The van der Waals surface area contributed by atoms with E-state index in [-0.39, 0.29) is 6.04 Å². The molecule has 0 saturated carbocycles. The molecule has 1 aliphatic rings. The second-order valence-electron chi connectivity index (χ2n) is 5.59. The molecule has 3 N–H and O–H groups in total. The molecule has 122 valence electrons. The quantitative estimate of drug-likeness (QED) is 0.781. The number of nitrogens with zero attached hydrogens (tertiary/aromatic N) is 3. The average Bonchev–Trinajstić information content (AvgIpc) is 3.10. The summed E-state index contributed by atoms with van der Waals surface area (Å²) >= 11 is 0. The first-order valence-electron chi connectivity index (χ1n) is 7.77. The fourth-order valence-corrected chi connectivity index (χ4v) is 2.74. The summed E-state index contributed by atoms with van der Waals surface area (Å²) in [6.07, 6.45) is 3.71. The van der Waals surface area contributed by atoms with E-state index in [1.807, 2.05) is 41.2 Å². The molecule has 0 aliphatic carbocycles. The van der Waals surface area contributed by atoms with Crippen LogP contribution in [0.2, 0.25) is 0 Å². The molecule has 1 aromatic heterocycles. The molecule has 1 saturated heterocycles. The maximum Gasteiger partial charge on any atom is 0.407 e. The number of amides is 1. The lowest BCUT2D eigenvalue weighted by atomic mass is 10.1. The van der Waals surface area contributed by atoms with Gasteiger partial charge >= 0.3 is 6.09 Å². The Kier molecular flexibility index (Phi) is 4.77. The van der Waals surface area contributed by atoms with Crippen LogP contribution < -0.4 is 10.6 Å². The van der Waals surface area contributed by atoms with Gasteiger partial charge in [0.2, 0.25) is 0 Å². The van der Waals surface area contributed by atoms with Crippen molar-refractivity contribution < 1.29 is 9.90 Å². The van der Waals surface area contributed by atoms with Crippen LogP contribution in [0.15, 0.2) is 42.7 Å². The average molecular weight is 315 g/mol. The molecule has 23 heavy (non-hydrogen) atoms. The monoisotopic (exact) mass is 315 g/mol. The number of hydrogen-bond acceptors (Lipinski definition) is 4. The molecule has 2 aromatic rings. The number of hydrogen-bond donors (Lipinski definition) is 3. The number of aromatic nitrogens is 2. The Morgan fingerprint density at radius 1 is 1.39 bits per heavy atom. The highest BCUT2D eigenvalue weighted by Gasteiger charge is 2.21. The molecule has 2 heterocycles. The normalized spacial score (nSPS) is 17.9. The first kappa shape index (κ1) is 15.4. The topological polar surface area (TPSA) is 82.4 Å². The molecular formula is C16H21N5O2. The smallest absolute Gasteiger partial charge is 0.407 e. The molecule has 0 unspecified atom stereocenters. The minimum atomic E-state index is -0.835. The Bertz CT molecular complexity index is 626. The minimum Gasteiger partial charge on any atom is -0.465 e. The fourth-order valence-electron chi connectivity index (χ4n) is 2.74. The Hall–Kier alpha value is -2.54. The predicted molar refractivity (Wildman–Crippen MR) is 88.1 cm³/mol. The fraction of sp³-hybridized carbons (Fsp3) is 0.375. The standard InChI is InChI=1S/C16H21N5O2/c22-16(23)20-11-9-18-14(12-20)6-8-17-13-2-4-15(5-3-13)21-10-1-7-19-21/h1-5,7,10,14,17-18H,6,8-9,11-12H2,(H,22,23)/t14-/m1/s1. The second-order valence-corrected chi connectivity index (χ2v) is 5.59. The van der Waals surface area contributed by atoms with Gasteiger partial charge in [-0.25, -0.2) is 9.48 Å². The maximum atomic E-state index is 11.0. The largest absolute Gasteiger partial charge is 0.465 e. The highest BCUT2D eigenvalue weighted by Crippen LogP contribution is 2.13. The Morgan fingerprint density at radius 2 is 2.22 bits per heavy atom. The van der Waals surface area contributed by atoms with Crippen molar-refractivity contribution in [3.63, 3.8) is 0 Å². The van der Waals surface area contributed by atoms with E-state index in [1.54, 1.807) is 6.20 Å². The van der Waals surface area contributed by atoms with Gasteiger partial charge in [0.1, 0.15) is 0 Å². The van der Waals surface area contributed by atoms with Gasteiger partial charge in [0.25, 0.3) is 0 Å². The van der Waals surface area contributed by atoms with E-state index in [2.05, 4.69) is 15.7 Å². The SMILES string of the molecule is O=C(O)N1CCN[C@H](CCNc2ccc(-n3cccn3)cc2)C1. The van der Waals surface area contributed by atoms with Crippen LogP contribution in [0.25, 0.3) is 5.69 Å². The molecule has 7 nitrogen and oxygen atoms in total. The van der Waals surface area contributed by atoms with Crippen LogP contribution in [0.1, 0.15) is 6.42 Å². The van der Waals surface area contributed by atoms with Crippen LogP contribution in [-0.2, 0) is 0 Å². The summed E-state index contributed by atoms with van der Waals surface area (Å²) in [6, 6.07) is 10.2. The molecule has 0 spiro atoms. The van der Waals surface area contributed by atoms with E-state index < -0.39 is 6.09 Å². The van der Waals surface area contributed by atoms with Crippen molar-refractivity contribution in [3.05, 3.63) is 42.7 Å². The van der Waals surface area contributed by atoms with Gasteiger partial charge in [-0.2, -0.15) is 5.10 Å². The van der Waals surface area contributed by atoms with E-state index in [9.17, 15) is 4.79 Å². The molecule has 0 radical (unpaired) electrons. The predicted octanol–water partition coefficient (Wildman–Crippen LogP) is 1.63. The number of benzene rings is 1. The van der Waals surface area contributed by atoms with Crippen LogP contribution in [0, 0.1) is 0 Å². The number of piperazine rings is 1. The first-order chi connectivity index (χ1) is 11.2. The van der Waals surface area contributed by atoms with Crippen LogP contribution in [-0.4, -0.2) is 58.1 Å². The van der Waals surface area contributed by atoms with Gasteiger partial charge in [0.15, 0.2) is 0 Å². The maximum absolute atomic E-state index is 11.0. The lowest BCUT2D eigenvalue weighted by molar-refractivity contribution is 0.128. The second kappa shape index (κ2) is 7.15. The van der Waals surface area contributed by atoms with Gasteiger partial charge in [-0.15, -0.1) is 0 Å². The van der Waals surface area contributed by atoms with E-state index in [0.29, 0.717) is 13.1 Å². The summed E-state index contributed by atoms with van der Waals surface area (Å²) in [5.41, 5.74) is 2.07. The van der Waals surface area contributed by atoms with E-state index >= 15 is 0 Å². The van der Waals surface area contributed by atoms with Crippen LogP contribution >= 0.6 is 0 Å². The number of anilines is 1. The molecule has 0 bridgehead atoms. The van der Waals surface area contributed by atoms with E-state index in [1.165, 1.54) is 4.90 Å². The van der Waals surface area contributed by atoms with Crippen molar-refractivity contribution >= 4 is 11.8 Å². The van der Waals surface area contributed by atoms with Gasteiger partial charge in [0.05, 0.1) is 5.69 Å². The first-order valence-corrected chi connectivity index (χ1v) is 7.77. The van der Waals surface area contributed by atoms with Crippen molar-refractivity contribution in [2.24, 2.45) is 0 Å². The van der Waals surface area contributed by atoms with Gasteiger partial charge < -0.3 is 20.6 Å². The molecule has 1 atom stereocenters. The van der Waals surface area contributed by atoms with Gasteiger partial charge in [-0.05, 0) is 36.8 Å². The lowest BCUT2D eigenvalue weighted by Gasteiger charge is -2.31. The molecule has 1 amide bonds. The highest BCUT2D eigenvalue weighted by atomic mass is 16.4. The number of carbonyl (C=O) groups is 1. The summed E-state index contributed by atoms with van der Waals surface area (Å²) in [4.78, 5) is 12.5. The molecule has 1 aliphatic heterocycles. The van der Waals surface area contributed by atoms with Crippen LogP contribution in [0.3, 0.4) is 0 Å². The molecule has 1 aromatic carbocycles. The summed E-state index contributed by atoms with van der Waals surface area (Å²) in [5, 5.41) is 20.0. The van der Waals surface area contributed by atoms with E-state index in [4.69, 9.17) is 5.11 Å². The van der Waals surface area contributed by atoms with Gasteiger partial charge in [-0.3, -0.25) is 0 Å². The summed E-state index contributed by atoms with van der Waals surface area (Å²) < 4.78 is 1.82. The van der Waals surface area contributed by atoms with Gasteiger partial charge in [0, 0.05) is 50.3 Å². The third-order valence-corrected chi connectivity index (χ3v) is 3.98. The van der Waals surface area contributed by atoms with Crippen molar-refractivity contribution in [2.75, 3.05) is 31.5 Å². The minimum absolute atomic E-state index is 0.204. The number of carboxylic acid groups (broad SMARTS) is 1. The third-order valence-electron chi connectivity index (χ3n) is 3.98. The third kappa shape index (κ3) is 4.01. The van der Waals surface area contributed by atoms with Crippen molar-refractivity contribution in [1.82, 2.24) is 20.0 Å². The Morgan fingerprint density at radius 3 is 2.91 bits per heavy atom. The van der Waals surface area contributed by atoms with Crippen LogP contribution in [0.4, 0.5) is 10.5 Å². The highest BCUT2D eigenvalue weighted by molar-refractivity contribution is 5.65. The van der Waals surface area contributed by atoms with Crippen molar-refractivity contribution in [1.29, 1.82) is 0 Å². The lowest BCUT2D eigenvalue weighted by Crippen LogP contribution is -2.52. The zero-order valence-corrected chi connectivity index (χ0v) is 12.9. The number of nitrogens with one attached hydrogen (secondary N) is 2. The zero-order chi connectivity index (χ0) is 16.1. The zero-order valence-electron chi connectivity index (χ0n) is 12.9. The molecular weight excluding hydrogens is 294 g/mol. The summed E-state index contributed by atoms with van der Waals surface area (Å²) in [7, 11) is 0.